The van der Waals surface area contributed by atoms with Gasteiger partial charge < -0.3 is 5.11 Å². The van der Waals surface area contributed by atoms with Crippen molar-refractivity contribution in [2.45, 2.75) is 18.4 Å². The molecule has 0 aromatic heterocycles. The molecule has 0 unspecified atom stereocenters. The average molecular weight is 289 g/mol. The van der Waals surface area contributed by atoms with Crippen LogP contribution in [0, 0.1) is 6.92 Å². The lowest BCUT2D eigenvalue weighted by molar-refractivity contribution is 0.463. The van der Waals surface area contributed by atoms with Crippen LogP contribution in [-0.4, -0.2) is 24.9 Å². The van der Waals surface area contributed by atoms with Crippen molar-refractivity contribution in [2.24, 2.45) is 0 Å². The summed E-state index contributed by atoms with van der Waals surface area (Å²) >= 11 is 0. The van der Waals surface area contributed by atoms with E-state index in [-0.39, 0.29) is 10.6 Å². The summed E-state index contributed by atoms with van der Waals surface area (Å²) in [6.07, 6.45) is 0. The van der Waals surface area contributed by atoms with Gasteiger partial charge >= 0.3 is 0 Å². The van der Waals surface area contributed by atoms with Gasteiger partial charge in [0.15, 0.2) is 0 Å². The van der Waals surface area contributed by atoms with E-state index in [0.29, 0.717) is 12.1 Å². The smallest absolute Gasteiger partial charge is 0.243 e. The van der Waals surface area contributed by atoms with Crippen molar-refractivity contribution in [3.8, 4) is 16.9 Å². The van der Waals surface area contributed by atoms with Crippen LogP contribution in [0.5, 0.6) is 5.75 Å². The topological polar surface area (TPSA) is 57.6 Å². The number of aromatic hydroxyl groups is 1. The van der Waals surface area contributed by atoms with Crippen LogP contribution >= 0.6 is 0 Å². The Labute approximate surface area is 118 Å². The highest BCUT2D eigenvalue weighted by Gasteiger charge is 2.29. The molecule has 1 aliphatic rings. The molecular formula is C15H15NO3S. The van der Waals surface area contributed by atoms with E-state index in [0.717, 1.165) is 16.7 Å². The first kappa shape index (κ1) is 13.1. The SMILES string of the molecule is Cc1ccc2c(c1)CN(C)S(=O)(=O)c1cc(O)ccc1-2. The van der Waals surface area contributed by atoms with Crippen LogP contribution in [0.4, 0.5) is 0 Å². The third-order valence-corrected chi connectivity index (χ3v) is 5.44. The van der Waals surface area contributed by atoms with Gasteiger partial charge in [-0.3, -0.25) is 0 Å². The third kappa shape index (κ3) is 1.90. The molecule has 2 aromatic rings. The molecule has 2 aromatic carbocycles. The summed E-state index contributed by atoms with van der Waals surface area (Å²) in [6.45, 7) is 2.31. The zero-order chi connectivity index (χ0) is 14.5. The second-order valence-electron chi connectivity index (χ2n) is 5.10. The predicted octanol–water partition coefficient (Wildman–Crippen LogP) is 2.50. The molecule has 0 spiro atoms. The van der Waals surface area contributed by atoms with Crippen molar-refractivity contribution in [1.82, 2.24) is 4.31 Å². The summed E-state index contributed by atoms with van der Waals surface area (Å²) in [5.74, 6) is -0.0451. The van der Waals surface area contributed by atoms with Gasteiger partial charge in [0, 0.05) is 25.2 Å². The Hall–Kier alpha value is -1.85. The van der Waals surface area contributed by atoms with Crippen LogP contribution in [-0.2, 0) is 16.6 Å². The first-order valence-corrected chi connectivity index (χ1v) is 7.73. The first-order chi connectivity index (χ1) is 9.39. The van der Waals surface area contributed by atoms with Crippen LogP contribution in [0.25, 0.3) is 11.1 Å². The lowest BCUT2D eigenvalue weighted by Gasteiger charge is -2.15. The highest BCUT2D eigenvalue weighted by Crippen LogP contribution is 2.37. The Bertz CT molecular complexity index is 797. The zero-order valence-corrected chi connectivity index (χ0v) is 12.1. The fourth-order valence-corrected chi connectivity index (χ4v) is 3.93. The van der Waals surface area contributed by atoms with Gasteiger partial charge in [0.25, 0.3) is 0 Å². The van der Waals surface area contributed by atoms with Gasteiger partial charge in [-0.15, -0.1) is 0 Å². The molecule has 0 aliphatic carbocycles. The zero-order valence-electron chi connectivity index (χ0n) is 11.3. The Balaban J connectivity index is 2.40. The minimum absolute atomic E-state index is 0.0451. The van der Waals surface area contributed by atoms with Gasteiger partial charge in [0.1, 0.15) is 5.75 Å². The van der Waals surface area contributed by atoms with Crippen LogP contribution in [0.2, 0.25) is 0 Å². The summed E-state index contributed by atoms with van der Waals surface area (Å²) in [5, 5.41) is 9.61. The number of hydrogen-bond donors (Lipinski definition) is 1. The van der Waals surface area contributed by atoms with Crippen molar-refractivity contribution >= 4 is 10.0 Å². The molecule has 0 saturated heterocycles. The molecule has 0 atom stereocenters. The Morgan fingerprint density at radius 2 is 1.80 bits per heavy atom. The summed E-state index contributed by atoms with van der Waals surface area (Å²) in [6, 6.07) is 10.4. The number of rotatable bonds is 0. The summed E-state index contributed by atoms with van der Waals surface area (Å²) in [4.78, 5) is 0.155. The van der Waals surface area contributed by atoms with Crippen molar-refractivity contribution < 1.29 is 13.5 Å². The van der Waals surface area contributed by atoms with Gasteiger partial charge in [0.05, 0.1) is 4.90 Å². The molecule has 0 fully saturated rings. The number of hydrogen-bond acceptors (Lipinski definition) is 3. The minimum Gasteiger partial charge on any atom is -0.508 e. The van der Waals surface area contributed by atoms with E-state index in [4.69, 9.17) is 0 Å². The molecule has 3 rings (SSSR count). The van der Waals surface area contributed by atoms with E-state index >= 15 is 0 Å². The van der Waals surface area contributed by atoms with Crippen LogP contribution in [0.1, 0.15) is 11.1 Å². The first-order valence-electron chi connectivity index (χ1n) is 6.29. The maximum atomic E-state index is 12.5. The van der Waals surface area contributed by atoms with Crippen molar-refractivity contribution in [3.05, 3.63) is 47.5 Å². The molecule has 0 bridgehead atoms. The Morgan fingerprint density at radius 3 is 2.55 bits per heavy atom. The van der Waals surface area contributed by atoms with E-state index in [9.17, 15) is 13.5 Å². The molecule has 1 aliphatic heterocycles. The summed E-state index contributed by atoms with van der Waals surface area (Å²) in [5.41, 5.74) is 3.61. The van der Waals surface area contributed by atoms with E-state index in [1.807, 2.05) is 25.1 Å². The predicted molar refractivity (Wildman–Crippen MR) is 76.9 cm³/mol. The number of fused-ring (bicyclic) bond motifs is 3. The average Bonchev–Trinajstić information content (AvgIpc) is 2.45. The van der Waals surface area contributed by atoms with Crippen molar-refractivity contribution in [3.63, 3.8) is 0 Å². The summed E-state index contributed by atoms with van der Waals surface area (Å²) < 4.78 is 26.4. The highest BCUT2D eigenvalue weighted by molar-refractivity contribution is 7.89. The molecular weight excluding hydrogens is 274 g/mol. The van der Waals surface area contributed by atoms with Crippen LogP contribution < -0.4 is 0 Å². The van der Waals surface area contributed by atoms with E-state index < -0.39 is 10.0 Å². The minimum atomic E-state index is -3.59. The molecule has 4 nitrogen and oxygen atoms in total. The fraction of sp³-hybridized carbons (Fsp3) is 0.200. The molecule has 1 N–H and O–H groups in total. The van der Waals surface area contributed by atoms with Gasteiger partial charge in [-0.2, -0.15) is 4.31 Å². The second kappa shape index (κ2) is 4.33. The lowest BCUT2D eigenvalue weighted by atomic mass is 9.97. The lowest BCUT2D eigenvalue weighted by Crippen LogP contribution is -2.25. The number of sulfonamides is 1. The fourth-order valence-electron chi connectivity index (χ4n) is 2.56. The molecule has 1 heterocycles. The number of benzene rings is 2. The van der Waals surface area contributed by atoms with Gasteiger partial charge in [-0.1, -0.05) is 23.8 Å². The molecule has 0 radical (unpaired) electrons. The Morgan fingerprint density at radius 1 is 1.10 bits per heavy atom. The van der Waals surface area contributed by atoms with Crippen molar-refractivity contribution in [1.29, 1.82) is 0 Å². The quantitative estimate of drug-likeness (QED) is 0.810. The monoisotopic (exact) mass is 289 g/mol. The van der Waals surface area contributed by atoms with Crippen LogP contribution in [0.3, 0.4) is 0 Å². The van der Waals surface area contributed by atoms with Gasteiger partial charge in [-0.25, -0.2) is 8.42 Å². The van der Waals surface area contributed by atoms with E-state index in [2.05, 4.69) is 0 Å². The third-order valence-electron chi connectivity index (χ3n) is 3.60. The van der Waals surface area contributed by atoms with Gasteiger partial charge in [-0.05, 0) is 30.2 Å². The summed E-state index contributed by atoms with van der Waals surface area (Å²) in [7, 11) is -2.03. The standard InChI is InChI=1S/C15H15NO3S/c1-10-3-5-13-11(7-10)9-16(2)20(18,19)15-8-12(17)4-6-14(13)15/h3-8,17H,9H2,1-2H3. The van der Waals surface area contributed by atoms with E-state index in [1.165, 1.54) is 16.4 Å². The second-order valence-corrected chi connectivity index (χ2v) is 7.12. The molecule has 0 saturated carbocycles. The normalized spacial score (nSPS) is 17.1. The largest absolute Gasteiger partial charge is 0.508 e. The van der Waals surface area contributed by atoms with Crippen LogP contribution in [0.15, 0.2) is 41.3 Å². The Kier molecular flexibility index (Phi) is 2.84. The molecule has 0 amide bonds. The number of aryl methyl sites for hydroxylation is 1. The number of phenols is 1. The number of phenolic OH excluding ortho intramolecular Hbond substituents is 1. The molecule has 5 heteroatoms. The van der Waals surface area contributed by atoms with E-state index in [1.54, 1.807) is 13.1 Å². The highest BCUT2D eigenvalue weighted by atomic mass is 32.2. The maximum absolute atomic E-state index is 12.5. The molecule has 104 valence electrons. The van der Waals surface area contributed by atoms with Gasteiger partial charge in [0.2, 0.25) is 10.0 Å². The van der Waals surface area contributed by atoms with Crippen molar-refractivity contribution in [2.75, 3.05) is 7.05 Å². The number of nitrogens with zero attached hydrogens (tertiary/aromatic N) is 1. The maximum Gasteiger partial charge on any atom is 0.243 e. The molecule has 20 heavy (non-hydrogen) atoms.